The van der Waals surface area contributed by atoms with E-state index in [-0.39, 0.29) is 0 Å². The summed E-state index contributed by atoms with van der Waals surface area (Å²) in [6, 6.07) is 8.63. The van der Waals surface area contributed by atoms with Crippen molar-refractivity contribution in [1.82, 2.24) is 0 Å². The van der Waals surface area contributed by atoms with E-state index in [1.807, 2.05) is 23.1 Å². The molecule has 0 aliphatic carbocycles. The van der Waals surface area contributed by atoms with Crippen LogP contribution < -0.4 is 5.73 Å². The molecule has 2 aromatic rings. The molecule has 0 aliphatic heterocycles. The quantitative estimate of drug-likeness (QED) is 0.864. The standard InChI is InChI=1S/C11H13NS2/c1-13-7-10-5-8-3-2-4-9(6-12)11(8)14-10/h2-5H,6-7,12H2,1H3. The smallest absolute Gasteiger partial charge is 0.0390 e. The predicted octanol–water partition coefficient (Wildman–Crippen LogP) is 3.22. The fraction of sp³-hybridized carbons (Fsp3) is 0.273. The molecule has 1 aromatic heterocycles. The van der Waals surface area contributed by atoms with Crippen molar-refractivity contribution in [2.45, 2.75) is 12.3 Å². The Balaban J connectivity index is 2.52. The zero-order chi connectivity index (χ0) is 9.97. The number of fused-ring (bicyclic) bond motifs is 1. The van der Waals surface area contributed by atoms with Crippen LogP contribution in [0, 0.1) is 0 Å². The van der Waals surface area contributed by atoms with Gasteiger partial charge in [-0.3, -0.25) is 0 Å². The lowest BCUT2D eigenvalue weighted by molar-refractivity contribution is 1.09. The summed E-state index contributed by atoms with van der Waals surface area (Å²) >= 11 is 3.73. The Hall–Kier alpha value is -0.510. The molecule has 0 unspecified atom stereocenters. The zero-order valence-electron chi connectivity index (χ0n) is 8.12. The Labute approximate surface area is 92.3 Å². The third kappa shape index (κ3) is 1.80. The maximum absolute atomic E-state index is 5.70. The van der Waals surface area contributed by atoms with Gasteiger partial charge in [0, 0.05) is 21.9 Å². The molecule has 0 aliphatic rings. The highest BCUT2D eigenvalue weighted by molar-refractivity contribution is 7.97. The SMILES string of the molecule is CSCc1cc2cccc(CN)c2s1. The molecule has 1 nitrogen and oxygen atoms in total. The third-order valence-corrected chi connectivity index (χ3v) is 4.19. The summed E-state index contributed by atoms with van der Waals surface area (Å²) in [5, 5.41) is 1.34. The van der Waals surface area contributed by atoms with Crippen LogP contribution in [0.2, 0.25) is 0 Å². The van der Waals surface area contributed by atoms with Gasteiger partial charge in [-0.15, -0.1) is 11.3 Å². The molecule has 3 heteroatoms. The molecule has 0 saturated carbocycles. The molecule has 14 heavy (non-hydrogen) atoms. The number of nitrogens with two attached hydrogens (primary N) is 1. The summed E-state index contributed by atoms with van der Waals surface area (Å²) < 4.78 is 1.36. The van der Waals surface area contributed by atoms with E-state index >= 15 is 0 Å². The first-order chi connectivity index (χ1) is 6.85. The molecular formula is C11H13NS2. The number of rotatable bonds is 3. The number of thiophene rings is 1. The summed E-state index contributed by atoms with van der Waals surface area (Å²) in [7, 11) is 0. The molecule has 0 fully saturated rings. The summed E-state index contributed by atoms with van der Waals surface area (Å²) in [6.07, 6.45) is 2.13. The van der Waals surface area contributed by atoms with Gasteiger partial charge in [-0.2, -0.15) is 11.8 Å². The fourth-order valence-corrected chi connectivity index (χ4v) is 3.48. The van der Waals surface area contributed by atoms with E-state index in [9.17, 15) is 0 Å². The van der Waals surface area contributed by atoms with Gasteiger partial charge in [0.15, 0.2) is 0 Å². The lowest BCUT2D eigenvalue weighted by Gasteiger charge is -1.96. The average molecular weight is 223 g/mol. The van der Waals surface area contributed by atoms with Gasteiger partial charge in [-0.1, -0.05) is 18.2 Å². The molecule has 0 spiro atoms. The number of benzene rings is 1. The minimum atomic E-state index is 0.635. The Kier molecular flexibility index (Phi) is 3.11. The van der Waals surface area contributed by atoms with Crippen molar-refractivity contribution in [3.8, 4) is 0 Å². The first kappa shape index (κ1) is 10.0. The van der Waals surface area contributed by atoms with E-state index in [1.54, 1.807) is 0 Å². The second kappa shape index (κ2) is 4.34. The van der Waals surface area contributed by atoms with Crippen molar-refractivity contribution in [2.75, 3.05) is 6.26 Å². The largest absolute Gasteiger partial charge is 0.326 e. The second-order valence-electron chi connectivity index (χ2n) is 3.19. The molecule has 0 atom stereocenters. The molecule has 0 bridgehead atoms. The molecule has 2 N–H and O–H groups in total. The van der Waals surface area contributed by atoms with E-state index in [1.165, 1.54) is 20.5 Å². The van der Waals surface area contributed by atoms with Crippen molar-refractivity contribution in [1.29, 1.82) is 0 Å². The normalized spacial score (nSPS) is 11.0. The zero-order valence-corrected chi connectivity index (χ0v) is 9.75. The van der Waals surface area contributed by atoms with Crippen LogP contribution in [-0.4, -0.2) is 6.26 Å². The van der Waals surface area contributed by atoms with Crippen molar-refractivity contribution in [2.24, 2.45) is 5.73 Å². The number of thioether (sulfide) groups is 1. The van der Waals surface area contributed by atoms with Gasteiger partial charge in [0.1, 0.15) is 0 Å². The van der Waals surface area contributed by atoms with Crippen LogP contribution in [0.1, 0.15) is 10.4 Å². The summed E-state index contributed by atoms with van der Waals surface area (Å²) in [5.41, 5.74) is 6.96. The second-order valence-corrected chi connectivity index (χ2v) is 5.19. The van der Waals surface area contributed by atoms with Crippen molar-refractivity contribution in [3.63, 3.8) is 0 Å². The minimum Gasteiger partial charge on any atom is -0.326 e. The van der Waals surface area contributed by atoms with Crippen molar-refractivity contribution < 1.29 is 0 Å². The summed E-state index contributed by atoms with van der Waals surface area (Å²) in [5.74, 6) is 1.10. The van der Waals surface area contributed by atoms with Gasteiger partial charge >= 0.3 is 0 Å². The van der Waals surface area contributed by atoms with E-state index in [0.717, 1.165) is 5.75 Å². The molecule has 0 amide bonds. The Bertz CT molecular complexity index is 434. The molecule has 74 valence electrons. The maximum Gasteiger partial charge on any atom is 0.0390 e. The minimum absolute atomic E-state index is 0.635. The highest BCUT2D eigenvalue weighted by atomic mass is 32.2. The topological polar surface area (TPSA) is 26.0 Å². The van der Waals surface area contributed by atoms with Gasteiger partial charge < -0.3 is 5.73 Å². The number of hydrogen-bond donors (Lipinski definition) is 1. The van der Waals surface area contributed by atoms with Gasteiger partial charge in [-0.05, 0) is 23.3 Å². The van der Waals surface area contributed by atoms with Gasteiger partial charge in [0.25, 0.3) is 0 Å². The van der Waals surface area contributed by atoms with Crippen LogP contribution in [0.3, 0.4) is 0 Å². The van der Waals surface area contributed by atoms with Crippen LogP contribution in [-0.2, 0) is 12.3 Å². The lowest BCUT2D eigenvalue weighted by atomic mass is 10.1. The van der Waals surface area contributed by atoms with E-state index in [0.29, 0.717) is 6.54 Å². The van der Waals surface area contributed by atoms with E-state index < -0.39 is 0 Å². The molecule has 1 aromatic carbocycles. The van der Waals surface area contributed by atoms with Crippen LogP contribution >= 0.6 is 23.1 Å². The van der Waals surface area contributed by atoms with Gasteiger partial charge in [0.2, 0.25) is 0 Å². The molecule has 0 radical (unpaired) electrons. The van der Waals surface area contributed by atoms with Crippen molar-refractivity contribution in [3.05, 3.63) is 34.7 Å². The Morgan fingerprint density at radius 1 is 1.43 bits per heavy atom. The molecule has 1 heterocycles. The van der Waals surface area contributed by atoms with E-state index in [2.05, 4.69) is 30.5 Å². The summed E-state index contributed by atoms with van der Waals surface area (Å²) in [6.45, 7) is 0.635. The molecule has 2 rings (SSSR count). The average Bonchev–Trinajstić information content (AvgIpc) is 2.60. The lowest BCUT2D eigenvalue weighted by Crippen LogP contribution is -1.95. The fourth-order valence-electron chi connectivity index (χ4n) is 1.55. The predicted molar refractivity (Wildman–Crippen MR) is 66.9 cm³/mol. The van der Waals surface area contributed by atoms with Crippen LogP contribution in [0.5, 0.6) is 0 Å². The monoisotopic (exact) mass is 223 g/mol. The van der Waals surface area contributed by atoms with Gasteiger partial charge in [-0.25, -0.2) is 0 Å². The Morgan fingerprint density at radius 3 is 3.00 bits per heavy atom. The molecule has 0 saturated heterocycles. The first-order valence-corrected chi connectivity index (χ1v) is 6.75. The van der Waals surface area contributed by atoms with E-state index in [4.69, 9.17) is 5.73 Å². The highest BCUT2D eigenvalue weighted by Crippen LogP contribution is 2.30. The van der Waals surface area contributed by atoms with Crippen LogP contribution in [0.15, 0.2) is 24.3 Å². The first-order valence-electron chi connectivity index (χ1n) is 4.54. The number of hydrogen-bond acceptors (Lipinski definition) is 3. The molecular weight excluding hydrogens is 210 g/mol. The summed E-state index contributed by atoms with van der Waals surface area (Å²) in [4.78, 5) is 1.44. The van der Waals surface area contributed by atoms with Crippen LogP contribution in [0.4, 0.5) is 0 Å². The van der Waals surface area contributed by atoms with Crippen LogP contribution in [0.25, 0.3) is 10.1 Å². The van der Waals surface area contributed by atoms with Crippen molar-refractivity contribution >= 4 is 33.2 Å². The third-order valence-electron chi connectivity index (χ3n) is 2.18. The Morgan fingerprint density at radius 2 is 2.29 bits per heavy atom. The highest BCUT2D eigenvalue weighted by Gasteiger charge is 2.04. The maximum atomic E-state index is 5.70. The van der Waals surface area contributed by atoms with Gasteiger partial charge in [0.05, 0.1) is 0 Å².